The molecule has 0 saturated heterocycles. The Kier molecular flexibility index (Phi) is 7.20. The molecule has 1 aliphatic heterocycles. The zero-order valence-corrected chi connectivity index (χ0v) is 18.5. The molecule has 0 radical (unpaired) electrons. The number of hydrogen-bond donors (Lipinski definition) is 1. The van der Waals surface area contributed by atoms with Gasteiger partial charge in [-0.3, -0.25) is 9.59 Å². The summed E-state index contributed by atoms with van der Waals surface area (Å²) in [4.78, 5) is 32.3. The number of carbonyl (C=O) groups is 2. The molecule has 2 aromatic rings. The van der Waals surface area contributed by atoms with Gasteiger partial charge in [0, 0.05) is 38.5 Å². The second-order valence-electron chi connectivity index (χ2n) is 8.67. The molecule has 1 aromatic carbocycles. The van der Waals surface area contributed by atoms with Gasteiger partial charge in [0.2, 0.25) is 5.91 Å². The predicted octanol–water partition coefficient (Wildman–Crippen LogP) is 3.64. The summed E-state index contributed by atoms with van der Waals surface area (Å²) in [6, 6.07) is 3.37. The third-order valence-corrected chi connectivity index (χ3v) is 5.65. The molecule has 0 unspecified atom stereocenters. The summed E-state index contributed by atoms with van der Waals surface area (Å²) in [5.41, 5.74) is 1.14. The van der Waals surface area contributed by atoms with Gasteiger partial charge in [-0.1, -0.05) is 13.8 Å². The van der Waals surface area contributed by atoms with Crippen molar-refractivity contribution in [1.29, 1.82) is 0 Å². The first-order valence-electron chi connectivity index (χ1n) is 10.7. The van der Waals surface area contributed by atoms with Crippen LogP contribution in [0, 0.1) is 23.5 Å². The van der Waals surface area contributed by atoms with E-state index in [9.17, 15) is 18.4 Å². The van der Waals surface area contributed by atoms with Crippen LogP contribution in [0.4, 0.5) is 8.78 Å². The van der Waals surface area contributed by atoms with E-state index in [1.54, 1.807) is 7.05 Å². The van der Waals surface area contributed by atoms with E-state index in [4.69, 9.17) is 0 Å². The molecule has 1 atom stereocenters. The number of carbonyl (C=O) groups excluding carboxylic acids is 2. The van der Waals surface area contributed by atoms with Crippen molar-refractivity contribution in [2.75, 3.05) is 20.6 Å². The van der Waals surface area contributed by atoms with Crippen molar-refractivity contribution >= 4 is 11.7 Å². The monoisotopic (exact) mass is 432 g/mol. The van der Waals surface area contributed by atoms with Crippen molar-refractivity contribution in [2.45, 2.75) is 46.2 Å². The fourth-order valence-corrected chi connectivity index (χ4v) is 4.20. The lowest BCUT2D eigenvalue weighted by Gasteiger charge is -2.17. The van der Waals surface area contributed by atoms with Gasteiger partial charge >= 0.3 is 0 Å². The molecule has 168 valence electrons. The van der Waals surface area contributed by atoms with E-state index in [1.807, 2.05) is 25.5 Å². The molecule has 0 fully saturated rings. The van der Waals surface area contributed by atoms with Crippen LogP contribution in [0.1, 0.15) is 49.3 Å². The number of hydrogen-bond acceptors (Lipinski definition) is 4. The predicted molar refractivity (Wildman–Crippen MR) is 114 cm³/mol. The summed E-state index contributed by atoms with van der Waals surface area (Å²) < 4.78 is 29.9. The Labute approximate surface area is 181 Å². The summed E-state index contributed by atoms with van der Waals surface area (Å²) >= 11 is 0. The van der Waals surface area contributed by atoms with Crippen molar-refractivity contribution in [1.82, 2.24) is 19.8 Å². The molecule has 0 bridgehead atoms. The van der Waals surface area contributed by atoms with E-state index < -0.39 is 17.6 Å². The number of rotatable bonds is 7. The number of amides is 1. The van der Waals surface area contributed by atoms with Crippen LogP contribution < -0.4 is 5.32 Å². The lowest BCUT2D eigenvalue weighted by molar-refractivity contribution is -0.124. The smallest absolute Gasteiger partial charge is 0.223 e. The Morgan fingerprint density at radius 2 is 1.97 bits per heavy atom. The molecule has 0 spiro atoms. The Morgan fingerprint density at radius 1 is 1.23 bits per heavy atom. The van der Waals surface area contributed by atoms with Crippen LogP contribution in [-0.4, -0.2) is 46.8 Å². The van der Waals surface area contributed by atoms with Gasteiger partial charge in [-0.2, -0.15) is 0 Å². The molecular formula is C23H30F2N4O2. The number of nitrogens with zero attached hydrogens (tertiary/aromatic N) is 3. The van der Waals surface area contributed by atoms with Gasteiger partial charge in [0.15, 0.2) is 5.78 Å². The summed E-state index contributed by atoms with van der Waals surface area (Å²) in [7, 11) is 3.52. The summed E-state index contributed by atoms with van der Waals surface area (Å²) in [5.74, 6) is -1.66. The van der Waals surface area contributed by atoms with E-state index in [2.05, 4.69) is 15.2 Å². The number of fused-ring (bicyclic) bond motifs is 1. The molecule has 1 amide bonds. The second kappa shape index (κ2) is 9.68. The number of aromatic nitrogens is 2. The van der Waals surface area contributed by atoms with Crippen molar-refractivity contribution < 1.29 is 18.4 Å². The minimum absolute atomic E-state index is 0.0386. The Bertz CT molecular complexity index is 971. The van der Waals surface area contributed by atoms with Crippen LogP contribution in [0.15, 0.2) is 18.2 Å². The zero-order chi connectivity index (χ0) is 22.7. The SMILES string of the molecule is CNC(=O)[C@@H](CC(=O)c1nc(-c2ccc(F)cc2F)n2c1CN(C)CCC2)CC(C)C. The van der Waals surface area contributed by atoms with Crippen molar-refractivity contribution in [3.63, 3.8) is 0 Å². The highest BCUT2D eigenvalue weighted by molar-refractivity contribution is 5.98. The fraction of sp³-hybridized carbons (Fsp3) is 0.522. The first-order chi connectivity index (χ1) is 14.7. The van der Waals surface area contributed by atoms with Crippen LogP contribution in [0.3, 0.4) is 0 Å². The molecular weight excluding hydrogens is 402 g/mol. The number of ketones is 1. The number of Topliss-reactive ketones (excluding diaryl/α,β-unsaturated/α-hetero) is 1. The highest BCUT2D eigenvalue weighted by atomic mass is 19.1. The van der Waals surface area contributed by atoms with E-state index in [0.29, 0.717) is 31.0 Å². The maximum absolute atomic E-state index is 14.6. The third kappa shape index (κ3) is 5.18. The van der Waals surface area contributed by atoms with E-state index in [1.165, 1.54) is 12.1 Å². The van der Waals surface area contributed by atoms with Crippen LogP contribution in [0.25, 0.3) is 11.4 Å². The average Bonchev–Trinajstić information content (AvgIpc) is 2.92. The molecule has 2 heterocycles. The van der Waals surface area contributed by atoms with E-state index in [-0.39, 0.29) is 35.3 Å². The highest BCUT2D eigenvalue weighted by Crippen LogP contribution is 2.30. The Morgan fingerprint density at radius 3 is 2.61 bits per heavy atom. The molecule has 6 nitrogen and oxygen atoms in total. The van der Waals surface area contributed by atoms with E-state index in [0.717, 1.165) is 19.0 Å². The van der Waals surface area contributed by atoms with Crippen molar-refractivity contribution in [3.8, 4) is 11.4 Å². The zero-order valence-electron chi connectivity index (χ0n) is 18.5. The average molecular weight is 433 g/mol. The van der Waals surface area contributed by atoms with E-state index >= 15 is 0 Å². The molecule has 1 N–H and O–H groups in total. The molecule has 0 aliphatic carbocycles. The Balaban J connectivity index is 2.04. The Hall–Kier alpha value is -2.61. The number of imidazole rings is 1. The third-order valence-electron chi connectivity index (χ3n) is 5.65. The van der Waals surface area contributed by atoms with Gasteiger partial charge in [0.05, 0.1) is 11.3 Å². The van der Waals surface area contributed by atoms with Gasteiger partial charge in [0.25, 0.3) is 0 Å². The normalized spacial score (nSPS) is 15.5. The largest absolute Gasteiger partial charge is 0.359 e. The number of nitrogens with one attached hydrogen (secondary N) is 1. The van der Waals surface area contributed by atoms with Crippen molar-refractivity contribution in [3.05, 3.63) is 41.2 Å². The molecule has 31 heavy (non-hydrogen) atoms. The standard InChI is InChI=1S/C23H30F2N4O2/c1-14(2)10-15(23(31)26-3)11-20(30)21-19-13-28(4)8-5-9-29(19)22(27-21)17-7-6-16(24)12-18(17)25/h6-7,12,14-15H,5,8-11,13H2,1-4H3,(H,26,31)/t15-/m1/s1. The first kappa shape index (κ1) is 23.1. The summed E-state index contributed by atoms with van der Waals surface area (Å²) in [6.07, 6.45) is 1.44. The van der Waals surface area contributed by atoms with Gasteiger partial charge in [-0.15, -0.1) is 0 Å². The van der Waals surface area contributed by atoms with Crippen LogP contribution in [0.5, 0.6) is 0 Å². The molecule has 1 aromatic heterocycles. The quantitative estimate of drug-likeness (QED) is 0.679. The fourth-order valence-electron chi connectivity index (χ4n) is 4.20. The highest BCUT2D eigenvalue weighted by Gasteiger charge is 2.30. The maximum atomic E-state index is 14.6. The van der Waals surface area contributed by atoms with Crippen molar-refractivity contribution in [2.24, 2.45) is 11.8 Å². The van der Waals surface area contributed by atoms with Gasteiger partial charge in [-0.05, 0) is 44.5 Å². The topological polar surface area (TPSA) is 67.2 Å². The van der Waals surface area contributed by atoms with Crippen LogP contribution in [-0.2, 0) is 17.9 Å². The summed E-state index contributed by atoms with van der Waals surface area (Å²) in [5, 5.41) is 2.64. The molecule has 8 heteroatoms. The maximum Gasteiger partial charge on any atom is 0.223 e. The number of halogens is 2. The number of benzene rings is 1. The van der Waals surface area contributed by atoms with Gasteiger partial charge < -0.3 is 14.8 Å². The molecule has 0 saturated carbocycles. The second-order valence-corrected chi connectivity index (χ2v) is 8.67. The lowest BCUT2D eigenvalue weighted by atomic mass is 9.90. The van der Waals surface area contributed by atoms with Gasteiger partial charge in [0.1, 0.15) is 23.2 Å². The summed E-state index contributed by atoms with van der Waals surface area (Å²) in [6.45, 7) is 5.92. The van der Waals surface area contributed by atoms with Gasteiger partial charge in [-0.25, -0.2) is 13.8 Å². The lowest BCUT2D eigenvalue weighted by Crippen LogP contribution is -2.30. The molecule has 3 rings (SSSR count). The minimum atomic E-state index is -0.715. The molecule has 1 aliphatic rings. The first-order valence-corrected chi connectivity index (χ1v) is 10.7. The van der Waals surface area contributed by atoms with Crippen LogP contribution >= 0.6 is 0 Å². The minimum Gasteiger partial charge on any atom is -0.359 e. The van der Waals surface area contributed by atoms with Crippen LogP contribution in [0.2, 0.25) is 0 Å².